The van der Waals surface area contributed by atoms with Gasteiger partial charge in [-0.2, -0.15) is 5.10 Å². The summed E-state index contributed by atoms with van der Waals surface area (Å²) >= 11 is 0. The molecular weight excluding hydrogens is 224 g/mol. The summed E-state index contributed by atoms with van der Waals surface area (Å²) in [6.07, 6.45) is 4.59. The van der Waals surface area contributed by atoms with Crippen LogP contribution in [0.25, 0.3) is 0 Å². The highest BCUT2D eigenvalue weighted by molar-refractivity contribution is 5.48. The standard InChI is InChI=1S/C14H26N4/c1-5-13-6-7-18(9-11(2)8-15-13)14-10-17(4)16-12(14)3/h10-11,13,15H,5-9H2,1-4H3. The predicted molar refractivity (Wildman–Crippen MR) is 76.0 cm³/mol. The fourth-order valence-corrected chi connectivity index (χ4v) is 2.78. The minimum Gasteiger partial charge on any atom is -0.368 e. The van der Waals surface area contributed by atoms with E-state index < -0.39 is 0 Å². The van der Waals surface area contributed by atoms with Crippen molar-refractivity contribution in [2.24, 2.45) is 13.0 Å². The van der Waals surface area contributed by atoms with Crippen LogP contribution in [0, 0.1) is 12.8 Å². The van der Waals surface area contributed by atoms with Gasteiger partial charge in [-0.05, 0) is 32.2 Å². The van der Waals surface area contributed by atoms with Gasteiger partial charge in [0, 0.05) is 32.4 Å². The first-order valence-electron chi connectivity index (χ1n) is 7.08. The lowest BCUT2D eigenvalue weighted by Gasteiger charge is -2.33. The monoisotopic (exact) mass is 250 g/mol. The van der Waals surface area contributed by atoms with Crippen molar-refractivity contribution in [1.82, 2.24) is 15.1 Å². The number of hydrogen-bond acceptors (Lipinski definition) is 3. The zero-order chi connectivity index (χ0) is 13.1. The van der Waals surface area contributed by atoms with E-state index in [0.29, 0.717) is 12.0 Å². The van der Waals surface area contributed by atoms with Crippen LogP contribution in [0.15, 0.2) is 6.20 Å². The Balaban J connectivity index is 2.12. The highest BCUT2D eigenvalue weighted by atomic mass is 15.3. The summed E-state index contributed by atoms with van der Waals surface area (Å²) in [4.78, 5) is 2.51. The number of nitrogens with one attached hydrogen (secondary N) is 1. The zero-order valence-corrected chi connectivity index (χ0v) is 12.1. The molecule has 1 N–H and O–H groups in total. The SMILES string of the molecule is CCC1CCN(c2cn(C)nc2C)CC(C)CN1. The maximum Gasteiger partial charge on any atom is 0.0827 e. The Hall–Kier alpha value is -1.03. The predicted octanol–water partition coefficient (Wildman–Crippen LogP) is 1.94. The van der Waals surface area contributed by atoms with Crippen molar-refractivity contribution in [1.29, 1.82) is 0 Å². The molecule has 102 valence electrons. The minimum absolute atomic E-state index is 0.659. The lowest BCUT2D eigenvalue weighted by Crippen LogP contribution is -2.43. The molecule has 0 saturated carbocycles. The summed E-state index contributed by atoms with van der Waals surface area (Å²) in [7, 11) is 2.00. The number of hydrogen-bond donors (Lipinski definition) is 1. The summed E-state index contributed by atoms with van der Waals surface area (Å²) in [5.41, 5.74) is 2.45. The Morgan fingerprint density at radius 3 is 2.89 bits per heavy atom. The average molecular weight is 250 g/mol. The second-order valence-corrected chi connectivity index (χ2v) is 5.63. The molecule has 2 unspecified atom stereocenters. The van der Waals surface area contributed by atoms with Crippen LogP contribution < -0.4 is 10.2 Å². The number of aromatic nitrogens is 2. The number of rotatable bonds is 2. The van der Waals surface area contributed by atoms with E-state index in [1.165, 1.54) is 18.5 Å². The van der Waals surface area contributed by atoms with Crippen LogP contribution in [-0.2, 0) is 7.05 Å². The summed E-state index contributed by atoms with van der Waals surface area (Å²) in [5.74, 6) is 0.680. The molecule has 4 nitrogen and oxygen atoms in total. The van der Waals surface area contributed by atoms with Gasteiger partial charge < -0.3 is 10.2 Å². The minimum atomic E-state index is 0.659. The van der Waals surface area contributed by atoms with Crippen LogP contribution in [0.2, 0.25) is 0 Å². The molecule has 0 bridgehead atoms. The fourth-order valence-electron chi connectivity index (χ4n) is 2.78. The third-order valence-corrected chi connectivity index (χ3v) is 3.86. The Morgan fingerprint density at radius 1 is 1.50 bits per heavy atom. The molecule has 0 radical (unpaired) electrons. The summed E-state index contributed by atoms with van der Waals surface area (Å²) < 4.78 is 1.92. The Bertz CT molecular complexity index is 385. The molecule has 1 aromatic heterocycles. The Morgan fingerprint density at radius 2 is 2.28 bits per heavy atom. The van der Waals surface area contributed by atoms with Crippen LogP contribution in [0.1, 0.15) is 32.4 Å². The molecule has 4 heteroatoms. The van der Waals surface area contributed by atoms with E-state index in [1.54, 1.807) is 0 Å². The lowest BCUT2D eigenvalue weighted by molar-refractivity contribution is 0.387. The first-order valence-corrected chi connectivity index (χ1v) is 7.08. The molecule has 2 atom stereocenters. The van der Waals surface area contributed by atoms with Gasteiger partial charge in [0.2, 0.25) is 0 Å². The van der Waals surface area contributed by atoms with Crippen molar-refractivity contribution in [2.75, 3.05) is 24.5 Å². The molecule has 18 heavy (non-hydrogen) atoms. The van der Waals surface area contributed by atoms with Crippen molar-refractivity contribution in [2.45, 2.75) is 39.7 Å². The molecule has 1 aliphatic heterocycles. The van der Waals surface area contributed by atoms with Gasteiger partial charge in [-0.25, -0.2) is 0 Å². The molecule has 0 aromatic carbocycles. The van der Waals surface area contributed by atoms with Crippen molar-refractivity contribution in [3.8, 4) is 0 Å². The molecular formula is C14H26N4. The van der Waals surface area contributed by atoms with E-state index in [1.807, 2.05) is 11.7 Å². The molecule has 0 aliphatic carbocycles. The topological polar surface area (TPSA) is 33.1 Å². The van der Waals surface area contributed by atoms with E-state index in [-0.39, 0.29) is 0 Å². The van der Waals surface area contributed by atoms with Crippen molar-refractivity contribution in [3.63, 3.8) is 0 Å². The number of nitrogens with zero attached hydrogens (tertiary/aromatic N) is 3. The second kappa shape index (κ2) is 5.74. The van der Waals surface area contributed by atoms with Crippen molar-refractivity contribution >= 4 is 5.69 Å². The average Bonchev–Trinajstić information content (AvgIpc) is 2.64. The van der Waals surface area contributed by atoms with Crippen LogP contribution >= 0.6 is 0 Å². The van der Waals surface area contributed by atoms with Crippen molar-refractivity contribution < 1.29 is 0 Å². The summed E-state index contributed by atoms with van der Waals surface area (Å²) in [6, 6.07) is 0.659. The maximum absolute atomic E-state index is 4.46. The number of aryl methyl sites for hydroxylation is 2. The van der Waals surface area contributed by atoms with E-state index in [0.717, 1.165) is 25.3 Å². The van der Waals surface area contributed by atoms with Crippen LogP contribution in [-0.4, -0.2) is 35.5 Å². The van der Waals surface area contributed by atoms with Crippen LogP contribution in [0.5, 0.6) is 0 Å². The van der Waals surface area contributed by atoms with E-state index in [2.05, 4.69) is 42.3 Å². The highest BCUT2D eigenvalue weighted by Gasteiger charge is 2.20. The van der Waals surface area contributed by atoms with Gasteiger partial charge in [-0.15, -0.1) is 0 Å². The van der Waals surface area contributed by atoms with Crippen molar-refractivity contribution in [3.05, 3.63) is 11.9 Å². The van der Waals surface area contributed by atoms with Gasteiger partial charge in [-0.1, -0.05) is 13.8 Å². The van der Waals surface area contributed by atoms with E-state index in [4.69, 9.17) is 0 Å². The molecule has 2 heterocycles. The summed E-state index contributed by atoms with van der Waals surface area (Å²) in [6.45, 7) is 10.1. The first-order chi connectivity index (χ1) is 8.60. The van der Waals surface area contributed by atoms with Gasteiger partial charge in [0.25, 0.3) is 0 Å². The highest BCUT2D eigenvalue weighted by Crippen LogP contribution is 2.21. The molecule has 1 saturated heterocycles. The zero-order valence-electron chi connectivity index (χ0n) is 12.1. The quantitative estimate of drug-likeness (QED) is 0.871. The smallest absolute Gasteiger partial charge is 0.0827 e. The fraction of sp³-hybridized carbons (Fsp3) is 0.786. The maximum atomic E-state index is 4.46. The Kier molecular flexibility index (Phi) is 4.27. The van der Waals surface area contributed by atoms with Crippen LogP contribution in [0.3, 0.4) is 0 Å². The molecule has 1 aromatic rings. The van der Waals surface area contributed by atoms with Gasteiger partial charge in [0.05, 0.1) is 11.4 Å². The third-order valence-electron chi connectivity index (χ3n) is 3.86. The molecule has 2 rings (SSSR count). The molecule has 1 aliphatic rings. The van der Waals surface area contributed by atoms with Crippen LogP contribution in [0.4, 0.5) is 5.69 Å². The Labute approximate surface area is 110 Å². The molecule has 0 spiro atoms. The number of anilines is 1. The van der Waals surface area contributed by atoms with E-state index in [9.17, 15) is 0 Å². The third kappa shape index (κ3) is 3.05. The molecule has 1 fully saturated rings. The lowest BCUT2D eigenvalue weighted by atomic mass is 10.0. The second-order valence-electron chi connectivity index (χ2n) is 5.63. The molecule has 0 amide bonds. The van der Waals surface area contributed by atoms with Gasteiger partial charge >= 0.3 is 0 Å². The first kappa shape index (κ1) is 13.4. The van der Waals surface area contributed by atoms with Gasteiger partial charge in [0.15, 0.2) is 0 Å². The van der Waals surface area contributed by atoms with E-state index >= 15 is 0 Å². The van der Waals surface area contributed by atoms with Gasteiger partial charge in [-0.3, -0.25) is 4.68 Å². The van der Waals surface area contributed by atoms with Gasteiger partial charge in [0.1, 0.15) is 0 Å². The summed E-state index contributed by atoms with van der Waals surface area (Å²) in [5, 5.41) is 8.13. The normalized spacial score (nSPS) is 25.9. The largest absolute Gasteiger partial charge is 0.368 e.